The van der Waals surface area contributed by atoms with Gasteiger partial charge in [-0.1, -0.05) is 74.5 Å². The second kappa shape index (κ2) is 8.91. The Morgan fingerprint density at radius 1 is 0.964 bits per heavy atom. The van der Waals surface area contributed by atoms with Gasteiger partial charge in [-0.25, -0.2) is 0 Å². The number of rotatable bonds is 7. The van der Waals surface area contributed by atoms with Crippen LogP contribution in [0.4, 0.5) is 0 Å². The van der Waals surface area contributed by atoms with Gasteiger partial charge >= 0.3 is 0 Å². The van der Waals surface area contributed by atoms with Gasteiger partial charge in [-0.2, -0.15) is 0 Å². The lowest BCUT2D eigenvalue weighted by Crippen LogP contribution is -2.51. The van der Waals surface area contributed by atoms with Crippen molar-refractivity contribution in [1.29, 1.82) is 0 Å². The largest absolute Gasteiger partial charge is 0.343 e. The quantitative estimate of drug-likeness (QED) is 0.704. The van der Waals surface area contributed by atoms with E-state index in [9.17, 15) is 4.79 Å². The lowest BCUT2D eigenvalue weighted by Gasteiger charge is -2.38. The van der Waals surface area contributed by atoms with Crippen LogP contribution < -0.4 is 0 Å². The first-order valence-corrected chi connectivity index (χ1v) is 10.5. The number of hydrogen-bond donors (Lipinski definition) is 0. The zero-order valence-electron chi connectivity index (χ0n) is 17.8. The van der Waals surface area contributed by atoms with E-state index in [1.165, 1.54) is 12.8 Å². The highest BCUT2D eigenvalue weighted by Gasteiger charge is 2.40. The summed E-state index contributed by atoms with van der Waals surface area (Å²) < 4.78 is 0. The molecule has 0 N–H and O–H groups in total. The van der Waals surface area contributed by atoms with Crippen LogP contribution in [0, 0.1) is 5.92 Å². The molecule has 1 amide bonds. The van der Waals surface area contributed by atoms with Gasteiger partial charge in [0.1, 0.15) is 0 Å². The number of carbonyl (C=O) groups excluding carboxylic acids is 1. The Balaban J connectivity index is 1.90. The fourth-order valence-electron chi connectivity index (χ4n) is 4.52. The molecular formula is C25H34N2O. The van der Waals surface area contributed by atoms with Crippen molar-refractivity contribution in [3.05, 3.63) is 71.8 Å². The van der Waals surface area contributed by atoms with E-state index >= 15 is 0 Å². The fourth-order valence-corrected chi connectivity index (χ4v) is 4.52. The molecule has 1 aliphatic heterocycles. The molecule has 150 valence electrons. The Labute approximate surface area is 170 Å². The molecule has 1 fully saturated rings. The van der Waals surface area contributed by atoms with Crippen LogP contribution in [0.25, 0.3) is 0 Å². The standard InChI is InChI=1S/C25H34N2O/c1-20(2)23(27-17-11-12-18-27)19-26(4)24(28)25(3,21-13-7-5-8-14-21)22-15-9-6-10-16-22/h5-10,13-16,20,23H,11-12,17-19H2,1-4H3. The van der Waals surface area contributed by atoms with Crippen molar-refractivity contribution in [3.8, 4) is 0 Å². The molecule has 1 aliphatic rings. The van der Waals surface area contributed by atoms with Crippen LogP contribution in [0.15, 0.2) is 60.7 Å². The molecule has 0 aromatic heterocycles. The monoisotopic (exact) mass is 378 g/mol. The van der Waals surface area contributed by atoms with Gasteiger partial charge in [0.25, 0.3) is 0 Å². The Kier molecular flexibility index (Phi) is 6.56. The molecule has 2 aromatic carbocycles. The topological polar surface area (TPSA) is 23.6 Å². The average molecular weight is 379 g/mol. The van der Waals surface area contributed by atoms with Crippen molar-refractivity contribution in [3.63, 3.8) is 0 Å². The maximum Gasteiger partial charge on any atom is 0.237 e. The third-order valence-electron chi connectivity index (χ3n) is 6.32. The van der Waals surface area contributed by atoms with E-state index in [0.29, 0.717) is 12.0 Å². The first-order chi connectivity index (χ1) is 13.4. The van der Waals surface area contributed by atoms with Crippen molar-refractivity contribution in [2.24, 2.45) is 5.92 Å². The number of amides is 1. The summed E-state index contributed by atoms with van der Waals surface area (Å²) >= 11 is 0. The Hall–Kier alpha value is -2.13. The molecule has 1 unspecified atom stereocenters. The predicted molar refractivity (Wildman–Crippen MR) is 116 cm³/mol. The summed E-state index contributed by atoms with van der Waals surface area (Å²) in [7, 11) is 1.97. The summed E-state index contributed by atoms with van der Waals surface area (Å²) in [6.45, 7) is 9.69. The number of nitrogens with zero attached hydrogens (tertiary/aromatic N) is 2. The molecule has 0 radical (unpaired) electrons. The number of carbonyl (C=O) groups is 1. The van der Waals surface area contributed by atoms with Gasteiger partial charge in [-0.3, -0.25) is 9.69 Å². The molecule has 3 nitrogen and oxygen atoms in total. The van der Waals surface area contributed by atoms with Crippen molar-refractivity contribution in [1.82, 2.24) is 9.80 Å². The van der Waals surface area contributed by atoms with E-state index in [1.807, 2.05) is 48.3 Å². The van der Waals surface area contributed by atoms with E-state index < -0.39 is 5.41 Å². The molecule has 1 heterocycles. The second-order valence-electron chi connectivity index (χ2n) is 8.60. The van der Waals surface area contributed by atoms with Gasteiger partial charge in [0.15, 0.2) is 0 Å². The smallest absolute Gasteiger partial charge is 0.237 e. The molecule has 0 bridgehead atoms. The van der Waals surface area contributed by atoms with Gasteiger partial charge in [-0.05, 0) is 49.9 Å². The number of likely N-dealkylation sites (tertiary alicyclic amines) is 1. The van der Waals surface area contributed by atoms with Gasteiger partial charge in [0, 0.05) is 19.6 Å². The van der Waals surface area contributed by atoms with E-state index in [4.69, 9.17) is 0 Å². The molecule has 1 atom stereocenters. The molecule has 3 rings (SSSR count). The minimum atomic E-state index is -0.691. The van der Waals surface area contributed by atoms with Gasteiger partial charge in [0.2, 0.25) is 5.91 Å². The second-order valence-corrected chi connectivity index (χ2v) is 8.60. The number of likely N-dealkylation sites (N-methyl/N-ethyl adjacent to an activating group) is 1. The van der Waals surface area contributed by atoms with Crippen LogP contribution in [0.2, 0.25) is 0 Å². The maximum absolute atomic E-state index is 13.8. The van der Waals surface area contributed by atoms with Crippen LogP contribution in [0.3, 0.4) is 0 Å². The molecule has 0 aliphatic carbocycles. The summed E-state index contributed by atoms with van der Waals surface area (Å²) in [5.41, 5.74) is 1.39. The van der Waals surface area contributed by atoms with Crippen LogP contribution >= 0.6 is 0 Å². The number of hydrogen-bond acceptors (Lipinski definition) is 2. The Morgan fingerprint density at radius 2 is 1.43 bits per heavy atom. The third kappa shape index (κ3) is 4.15. The molecule has 0 spiro atoms. The molecule has 0 saturated carbocycles. The van der Waals surface area contributed by atoms with Crippen molar-refractivity contribution in [2.45, 2.75) is 45.1 Å². The van der Waals surface area contributed by atoms with Gasteiger partial charge in [-0.15, -0.1) is 0 Å². The van der Waals surface area contributed by atoms with Gasteiger partial charge < -0.3 is 4.90 Å². The predicted octanol–water partition coefficient (Wildman–Crippen LogP) is 4.57. The van der Waals surface area contributed by atoms with Crippen molar-refractivity contribution < 1.29 is 4.79 Å². The Bertz CT molecular complexity index is 711. The van der Waals surface area contributed by atoms with Crippen LogP contribution in [-0.4, -0.2) is 48.4 Å². The van der Waals surface area contributed by atoms with Crippen molar-refractivity contribution >= 4 is 5.91 Å². The fraction of sp³-hybridized carbons (Fsp3) is 0.480. The summed E-state index contributed by atoms with van der Waals surface area (Å²) in [6.07, 6.45) is 2.54. The lowest BCUT2D eigenvalue weighted by atomic mass is 9.75. The highest BCUT2D eigenvalue weighted by Crippen LogP contribution is 2.34. The van der Waals surface area contributed by atoms with Crippen LogP contribution in [0.1, 0.15) is 44.7 Å². The molecule has 2 aromatic rings. The highest BCUT2D eigenvalue weighted by molar-refractivity contribution is 5.91. The van der Waals surface area contributed by atoms with Crippen LogP contribution in [0.5, 0.6) is 0 Å². The minimum Gasteiger partial charge on any atom is -0.343 e. The highest BCUT2D eigenvalue weighted by atomic mass is 16.2. The van der Waals surface area contributed by atoms with E-state index in [0.717, 1.165) is 30.8 Å². The average Bonchev–Trinajstić information content (AvgIpc) is 3.26. The summed E-state index contributed by atoms with van der Waals surface area (Å²) in [4.78, 5) is 18.4. The minimum absolute atomic E-state index is 0.162. The van der Waals surface area contributed by atoms with Gasteiger partial charge in [0.05, 0.1) is 5.41 Å². The first-order valence-electron chi connectivity index (χ1n) is 10.5. The first kappa shape index (κ1) is 20.6. The molecule has 3 heteroatoms. The maximum atomic E-state index is 13.8. The summed E-state index contributed by atoms with van der Waals surface area (Å²) in [5, 5.41) is 0. The van der Waals surface area contributed by atoms with Crippen molar-refractivity contribution in [2.75, 3.05) is 26.7 Å². The zero-order chi connectivity index (χ0) is 20.1. The summed E-state index contributed by atoms with van der Waals surface area (Å²) in [5.74, 6) is 0.683. The van der Waals surface area contributed by atoms with E-state index in [-0.39, 0.29) is 5.91 Å². The summed E-state index contributed by atoms with van der Waals surface area (Å²) in [6, 6.07) is 20.8. The van der Waals surface area contributed by atoms with Crippen LogP contribution in [-0.2, 0) is 10.2 Å². The third-order valence-corrected chi connectivity index (χ3v) is 6.32. The molecule has 28 heavy (non-hydrogen) atoms. The zero-order valence-corrected chi connectivity index (χ0v) is 17.8. The molecular weight excluding hydrogens is 344 g/mol. The normalized spacial score (nSPS) is 16.3. The number of benzene rings is 2. The van der Waals surface area contributed by atoms with E-state index in [2.05, 4.69) is 49.9 Å². The Morgan fingerprint density at radius 3 is 1.86 bits per heavy atom. The lowest BCUT2D eigenvalue weighted by molar-refractivity contribution is -0.135. The van der Waals surface area contributed by atoms with E-state index in [1.54, 1.807) is 0 Å². The SMILES string of the molecule is CC(C)C(CN(C)C(=O)C(C)(c1ccccc1)c1ccccc1)N1CCCC1. The molecule has 1 saturated heterocycles.